The van der Waals surface area contributed by atoms with Gasteiger partial charge < -0.3 is 19.5 Å². The van der Waals surface area contributed by atoms with Crippen LogP contribution < -0.4 is 10.1 Å². The monoisotopic (exact) mass is 369 g/mol. The molecular formula is C15H16BrNO5. The van der Waals surface area contributed by atoms with Crippen LogP contribution in [-0.4, -0.2) is 24.3 Å². The minimum Gasteiger partial charge on any atom is -0.493 e. The Labute approximate surface area is 136 Å². The molecular weight excluding hydrogens is 354 g/mol. The molecule has 0 spiro atoms. The Morgan fingerprint density at radius 3 is 2.50 bits per heavy atom. The van der Waals surface area contributed by atoms with Gasteiger partial charge in [0.1, 0.15) is 5.75 Å². The van der Waals surface area contributed by atoms with Gasteiger partial charge in [0.05, 0.1) is 11.1 Å². The molecule has 0 aromatic heterocycles. The predicted octanol–water partition coefficient (Wildman–Crippen LogP) is 2.98. The van der Waals surface area contributed by atoms with Crippen molar-refractivity contribution in [3.05, 3.63) is 34.4 Å². The number of carbonyl (C=O) groups is 2. The first-order chi connectivity index (χ1) is 10.3. The van der Waals surface area contributed by atoms with Gasteiger partial charge in [-0.25, -0.2) is 9.59 Å². The Morgan fingerprint density at radius 1 is 1.27 bits per heavy atom. The van der Waals surface area contributed by atoms with Gasteiger partial charge in [-0.05, 0) is 35.0 Å². The van der Waals surface area contributed by atoms with Crippen LogP contribution in [0.3, 0.4) is 0 Å². The maximum absolute atomic E-state index is 11.8. The van der Waals surface area contributed by atoms with Crippen molar-refractivity contribution < 1.29 is 23.8 Å². The fourth-order valence-electron chi connectivity index (χ4n) is 1.79. The molecule has 6 nitrogen and oxygen atoms in total. The Kier molecular flexibility index (Phi) is 4.75. The second kappa shape index (κ2) is 6.39. The van der Waals surface area contributed by atoms with E-state index in [1.165, 1.54) is 20.0 Å². The number of ether oxygens (including phenoxy) is 3. The fourth-order valence-corrected chi connectivity index (χ4v) is 2.15. The van der Waals surface area contributed by atoms with Gasteiger partial charge in [-0.2, -0.15) is 0 Å². The van der Waals surface area contributed by atoms with E-state index >= 15 is 0 Å². The van der Waals surface area contributed by atoms with Gasteiger partial charge in [-0.1, -0.05) is 0 Å². The maximum atomic E-state index is 11.8. The summed E-state index contributed by atoms with van der Waals surface area (Å²) in [4.78, 5) is 23.6. The number of hydrogen-bond donors (Lipinski definition) is 1. The number of cyclic esters (lactones) is 2. The van der Waals surface area contributed by atoms with Crippen molar-refractivity contribution in [2.45, 2.75) is 26.6 Å². The molecule has 1 aliphatic heterocycles. The Hall–Kier alpha value is -2.02. The van der Waals surface area contributed by atoms with E-state index in [1.54, 1.807) is 18.2 Å². The summed E-state index contributed by atoms with van der Waals surface area (Å²) >= 11 is 3.37. The van der Waals surface area contributed by atoms with E-state index in [-0.39, 0.29) is 5.57 Å². The normalized spacial score (nSPS) is 16.6. The maximum Gasteiger partial charge on any atom is 0.350 e. The van der Waals surface area contributed by atoms with Crippen molar-refractivity contribution in [1.29, 1.82) is 0 Å². The van der Waals surface area contributed by atoms with Crippen molar-refractivity contribution >= 4 is 33.6 Å². The number of benzene rings is 1. The second-order valence-electron chi connectivity index (χ2n) is 4.96. The third-order valence-electron chi connectivity index (χ3n) is 2.73. The molecule has 1 N–H and O–H groups in total. The largest absolute Gasteiger partial charge is 0.493 e. The van der Waals surface area contributed by atoms with Gasteiger partial charge in [0.25, 0.3) is 5.79 Å². The first-order valence-corrected chi connectivity index (χ1v) is 7.47. The summed E-state index contributed by atoms with van der Waals surface area (Å²) in [5, 5.41) is 2.86. The van der Waals surface area contributed by atoms with Crippen LogP contribution in [0.15, 0.2) is 34.4 Å². The van der Waals surface area contributed by atoms with Crippen LogP contribution in [0.1, 0.15) is 20.8 Å². The lowest BCUT2D eigenvalue weighted by Gasteiger charge is -2.29. The van der Waals surface area contributed by atoms with Crippen LogP contribution in [0.25, 0.3) is 0 Å². The lowest BCUT2D eigenvalue weighted by molar-refractivity contribution is -0.222. The molecule has 0 bridgehead atoms. The molecule has 0 saturated carbocycles. The third kappa shape index (κ3) is 3.79. The van der Waals surface area contributed by atoms with Gasteiger partial charge in [-0.15, -0.1) is 0 Å². The van der Waals surface area contributed by atoms with E-state index in [0.717, 1.165) is 4.47 Å². The molecule has 0 aliphatic carbocycles. The highest BCUT2D eigenvalue weighted by Crippen LogP contribution is 2.29. The summed E-state index contributed by atoms with van der Waals surface area (Å²) in [7, 11) is 0. The summed E-state index contributed by atoms with van der Waals surface area (Å²) in [6.07, 6.45) is 1.26. The van der Waals surface area contributed by atoms with Gasteiger partial charge >= 0.3 is 11.9 Å². The van der Waals surface area contributed by atoms with Crippen LogP contribution in [0.4, 0.5) is 5.69 Å². The minimum absolute atomic E-state index is 0.194. The van der Waals surface area contributed by atoms with Crippen LogP contribution in [-0.2, 0) is 19.1 Å². The van der Waals surface area contributed by atoms with Gasteiger partial charge in [0, 0.05) is 31.8 Å². The average molecular weight is 370 g/mol. The van der Waals surface area contributed by atoms with E-state index in [0.29, 0.717) is 18.0 Å². The van der Waals surface area contributed by atoms with E-state index < -0.39 is 17.7 Å². The first-order valence-electron chi connectivity index (χ1n) is 6.68. The zero-order chi connectivity index (χ0) is 16.3. The van der Waals surface area contributed by atoms with Crippen LogP contribution in [0.2, 0.25) is 0 Å². The van der Waals surface area contributed by atoms with Gasteiger partial charge in [0.2, 0.25) is 0 Å². The van der Waals surface area contributed by atoms with E-state index in [4.69, 9.17) is 14.2 Å². The smallest absolute Gasteiger partial charge is 0.350 e. The molecule has 1 aliphatic rings. The molecule has 22 heavy (non-hydrogen) atoms. The number of carbonyl (C=O) groups excluding carboxylic acids is 2. The molecule has 0 radical (unpaired) electrons. The van der Waals surface area contributed by atoms with Crippen LogP contribution in [0, 0.1) is 0 Å². The lowest BCUT2D eigenvalue weighted by atomic mass is 10.2. The lowest BCUT2D eigenvalue weighted by Crippen LogP contribution is -2.42. The van der Waals surface area contributed by atoms with E-state index in [1.807, 2.05) is 6.92 Å². The SMILES string of the molecule is CCOc1cc(NC=C2C(=O)OC(C)(C)OC2=O)ccc1Br. The summed E-state index contributed by atoms with van der Waals surface area (Å²) in [5.74, 6) is -2.04. The number of nitrogens with one attached hydrogen (secondary N) is 1. The molecule has 1 aromatic rings. The summed E-state index contributed by atoms with van der Waals surface area (Å²) in [6.45, 7) is 5.40. The van der Waals surface area contributed by atoms with Crippen molar-refractivity contribution in [2.24, 2.45) is 0 Å². The Bertz CT molecular complexity index is 617. The average Bonchev–Trinajstić information content (AvgIpc) is 2.40. The Morgan fingerprint density at radius 2 is 1.91 bits per heavy atom. The van der Waals surface area contributed by atoms with Crippen molar-refractivity contribution in [1.82, 2.24) is 0 Å². The topological polar surface area (TPSA) is 73.9 Å². The molecule has 1 fully saturated rings. The fraction of sp³-hybridized carbons (Fsp3) is 0.333. The quantitative estimate of drug-likeness (QED) is 0.499. The van der Waals surface area contributed by atoms with Crippen molar-refractivity contribution in [2.75, 3.05) is 11.9 Å². The van der Waals surface area contributed by atoms with Crippen molar-refractivity contribution in [3.63, 3.8) is 0 Å². The highest BCUT2D eigenvalue weighted by Gasteiger charge is 2.38. The molecule has 0 unspecified atom stereocenters. The first kappa shape index (κ1) is 16.4. The molecule has 1 aromatic carbocycles. The van der Waals surface area contributed by atoms with Crippen molar-refractivity contribution in [3.8, 4) is 5.75 Å². The number of rotatable bonds is 4. The number of anilines is 1. The molecule has 0 atom stereocenters. The highest BCUT2D eigenvalue weighted by molar-refractivity contribution is 9.10. The highest BCUT2D eigenvalue weighted by atomic mass is 79.9. The minimum atomic E-state index is -1.24. The molecule has 0 amide bonds. The van der Waals surface area contributed by atoms with Crippen LogP contribution >= 0.6 is 15.9 Å². The molecule has 1 heterocycles. The molecule has 118 valence electrons. The van der Waals surface area contributed by atoms with Gasteiger partial charge in [-0.3, -0.25) is 0 Å². The number of esters is 2. The molecule has 7 heteroatoms. The Balaban J connectivity index is 2.16. The van der Waals surface area contributed by atoms with Gasteiger partial charge in [0.15, 0.2) is 5.57 Å². The zero-order valence-corrected chi connectivity index (χ0v) is 14.0. The van der Waals surface area contributed by atoms with E-state index in [9.17, 15) is 9.59 Å². The third-order valence-corrected chi connectivity index (χ3v) is 3.39. The van der Waals surface area contributed by atoms with E-state index in [2.05, 4.69) is 21.2 Å². The number of halogens is 1. The van der Waals surface area contributed by atoms with Crippen LogP contribution in [0.5, 0.6) is 5.75 Å². The number of hydrogen-bond acceptors (Lipinski definition) is 6. The summed E-state index contributed by atoms with van der Waals surface area (Å²) in [6, 6.07) is 5.31. The zero-order valence-electron chi connectivity index (χ0n) is 12.4. The standard InChI is InChI=1S/C15H16BrNO5/c1-4-20-12-7-9(5-6-11(12)16)17-8-10-13(18)21-15(2,3)22-14(10)19/h5-8,17H,4H2,1-3H3. The molecule has 2 rings (SSSR count). The molecule has 1 saturated heterocycles. The second-order valence-corrected chi connectivity index (χ2v) is 5.81. The summed E-state index contributed by atoms with van der Waals surface area (Å²) < 4.78 is 16.3. The summed E-state index contributed by atoms with van der Waals surface area (Å²) in [5.41, 5.74) is 0.463. The predicted molar refractivity (Wildman–Crippen MR) is 83.3 cm³/mol.